The summed E-state index contributed by atoms with van der Waals surface area (Å²) in [5, 5.41) is 6.84. The first-order chi connectivity index (χ1) is 9.65. The molecule has 0 amide bonds. The molecule has 20 heavy (non-hydrogen) atoms. The van der Waals surface area contributed by atoms with Gasteiger partial charge in [-0.15, -0.1) is 0 Å². The van der Waals surface area contributed by atoms with E-state index in [4.69, 9.17) is 17.0 Å². The number of nitrogens with one attached hydrogen (secondary N) is 2. The van der Waals surface area contributed by atoms with E-state index < -0.39 is 0 Å². The van der Waals surface area contributed by atoms with E-state index in [2.05, 4.69) is 52.4 Å². The van der Waals surface area contributed by atoms with Crippen molar-refractivity contribution in [3.8, 4) is 0 Å². The maximum atomic E-state index is 5.31. The first-order valence-corrected chi connectivity index (χ1v) is 8.30. The summed E-state index contributed by atoms with van der Waals surface area (Å²) in [7, 11) is 0. The molecular formula is C12H16Br2N4OS. The molecule has 0 aliphatic carbocycles. The quantitative estimate of drug-likeness (QED) is 0.724. The number of thiocarbonyl (C=S) groups is 1. The van der Waals surface area contributed by atoms with Crippen LogP contribution in [0.2, 0.25) is 0 Å². The molecule has 0 atom stereocenters. The zero-order valence-corrected chi connectivity index (χ0v) is 14.9. The molecule has 0 unspecified atom stereocenters. The number of morpholine rings is 1. The second-order valence-electron chi connectivity index (χ2n) is 4.32. The van der Waals surface area contributed by atoms with Crippen LogP contribution in [0, 0.1) is 0 Å². The van der Waals surface area contributed by atoms with Crippen molar-refractivity contribution in [1.82, 2.24) is 15.2 Å². The van der Waals surface area contributed by atoms with Gasteiger partial charge in [0.05, 0.1) is 17.7 Å². The highest BCUT2D eigenvalue weighted by atomic mass is 79.9. The van der Waals surface area contributed by atoms with E-state index in [0.717, 1.165) is 48.3 Å². The summed E-state index contributed by atoms with van der Waals surface area (Å²) >= 11 is 12.1. The normalized spacial score (nSPS) is 15.9. The summed E-state index contributed by atoms with van der Waals surface area (Å²) in [6, 6.07) is 1.92. The van der Waals surface area contributed by atoms with Crippen molar-refractivity contribution in [1.29, 1.82) is 0 Å². The van der Waals surface area contributed by atoms with E-state index in [1.165, 1.54) is 0 Å². The molecule has 8 heteroatoms. The van der Waals surface area contributed by atoms with Crippen molar-refractivity contribution in [2.45, 2.75) is 0 Å². The number of aromatic nitrogens is 1. The highest BCUT2D eigenvalue weighted by molar-refractivity contribution is 9.11. The Labute approximate surface area is 140 Å². The van der Waals surface area contributed by atoms with Gasteiger partial charge >= 0.3 is 0 Å². The highest BCUT2D eigenvalue weighted by Crippen LogP contribution is 2.23. The SMILES string of the molecule is S=C(NCCN1CCOCC1)Nc1ncc(Br)cc1Br. The van der Waals surface area contributed by atoms with Gasteiger partial charge in [0.15, 0.2) is 5.11 Å². The number of anilines is 1. The van der Waals surface area contributed by atoms with Gasteiger partial charge in [-0.1, -0.05) is 0 Å². The molecule has 1 aromatic rings. The lowest BCUT2D eigenvalue weighted by Gasteiger charge is -2.26. The van der Waals surface area contributed by atoms with Gasteiger partial charge in [0, 0.05) is 36.8 Å². The van der Waals surface area contributed by atoms with E-state index in [1.54, 1.807) is 6.20 Å². The molecule has 0 saturated carbocycles. The Bertz CT molecular complexity index is 469. The number of halogens is 2. The molecule has 0 radical (unpaired) electrons. The van der Waals surface area contributed by atoms with Crippen LogP contribution in [0.4, 0.5) is 5.82 Å². The third-order valence-corrected chi connectivity index (χ3v) is 4.14. The number of ether oxygens (including phenoxy) is 1. The van der Waals surface area contributed by atoms with Crippen LogP contribution in [0.25, 0.3) is 0 Å². The molecule has 0 spiro atoms. The van der Waals surface area contributed by atoms with E-state index >= 15 is 0 Å². The van der Waals surface area contributed by atoms with Gasteiger partial charge in [-0.2, -0.15) is 0 Å². The van der Waals surface area contributed by atoms with Crippen LogP contribution < -0.4 is 10.6 Å². The van der Waals surface area contributed by atoms with Crippen LogP contribution >= 0.6 is 44.1 Å². The van der Waals surface area contributed by atoms with Crippen LogP contribution in [0.1, 0.15) is 0 Å². The molecule has 1 saturated heterocycles. The fourth-order valence-electron chi connectivity index (χ4n) is 1.81. The zero-order chi connectivity index (χ0) is 14.4. The Balaban J connectivity index is 1.72. The number of nitrogens with zero attached hydrogens (tertiary/aromatic N) is 2. The zero-order valence-electron chi connectivity index (χ0n) is 10.9. The van der Waals surface area contributed by atoms with Crippen molar-refractivity contribution in [3.63, 3.8) is 0 Å². The summed E-state index contributed by atoms with van der Waals surface area (Å²) in [5.74, 6) is 0.706. The molecule has 110 valence electrons. The van der Waals surface area contributed by atoms with Crippen LogP contribution in [0.3, 0.4) is 0 Å². The van der Waals surface area contributed by atoms with Gasteiger partial charge in [-0.3, -0.25) is 4.90 Å². The second kappa shape index (κ2) is 8.23. The van der Waals surface area contributed by atoms with Gasteiger partial charge in [0.2, 0.25) is 0 Å². The monoisotopic (exact) mass is 422 g/mol. The topological polar surface area (TPSA) is 49.4 Å². The third kappa shape index (κ3) is 5.25. The van der Waals surface area contributed by atoms with Crippen molar-refractivity contribution in [2.75, 3.05) is 44.7 Å². The minimum atomic E-state index is 0.578. The lowest BCUT2D eigenvalue weighted by molar-refractivity contribution is 0.0389. The van der Waals surface area contributed by atoms with Crippen LogP contribution in [0.15, 0.2) is 21.2 Å². The van der Waals surface area contributed by atoms with Gasteiger partial charge in [-0.25, -0.2) is 4.98 Å². The molecule has 0 aromatic carbocycles. The largest absolute Gasteiger partial charge is 0.379 e. The first-order valence-electron chi connectivity index (χ1n) is 6.31. The van der Waals surface area contributed by atoms with E-state index in [0.29, 0.717) is 10.9 Å². The van der Waals surface area contributed by atoms with Gasteiger partial charge in [0.1, 0.15) is 5.82 Å². The minimum absolute atomic E-state index is 0.578. The predicted octanol–water partition coefficient (Wildman–Crippen LogP) is 2.23. The van der Waals surface area contributed by atoms with Crippen molar-refractivity contribution in [3.05, 3.63) is 21.2 Å². The van der Waals surface area contributed by atoms with E-state index in [9.17, 15) is 0 Å². The molecule has 5 nitrogen and oxygen atoms in total. The van der Waals surface area contributed by atoms with Crippen molar-refractivity contribution < 1.29 is 4.74 Å². The highest BCUT2D eigenvalue weighted by Gasteiger charge is 2.10. The molecule has 1 aliphatic rings. The van der Waals surface area contributed by atoms with Crippen LogP contribution in [-0.4, -0.2) is 54.4 Å². The molecule has 2 heterocycles. The van der Waals surface area contributed by atoms with E-state index in [-0.39, 0.29) is 0 Å². The second-order valence-corrected chi connectivity index (χ2v) is 6.50. The van der Waals surface area contributed by atoms with Crippen molar-refractivity contribution in [2.24, 2.45) is 0 Å². The number of hydrogen-bond acceptors (Lipinski definition) is 4. The molecular weight excluding hydrogens is 408 g/mol. The summed E-state index contributed by atoms with van der Waals surface area (Å²) < 4.78 is 7.09. The fourth-order valence-corrected chi connectivity index (χ4v) is 3.10. The first kappa shape index (κ1) is 16.1. The standard InChI is InChI=1S/C12H16Br2N4OS/c13-9-7-10(14)11(16-8-9)17-12(20)15-1-2-18-3-5-19-6-4-18/h7-8H,1-6H2,(H2,15,16,17,20). The lowest BCUT2D eigenvalue weighted by Crippen LogP contribution is -2.42. The molecule has 1 aromatic heterocycles. The van der Waals surface area contributed by atoms with Gasteiger partial charge in [0.25, 0.3) is 0 Å². The Kier molecular flexibility index (Phi) is 6.63. The molecule has 1 fully saturated rings. The third-order valence-electron chi connectivity index (χ3n) is 2.86. The summed E-state index contributed by atoms with van der Waals surface area (Å²) in [4.78, 5) is 6.61. The average Bonchev–Trinajstić information content (AvgIpc) is 2.43. The molecule has 1 aliphatic heterocycles. The summed E-state index contributed by atoms with van der Waals surface area (Å²) in [6.45, 7) is 5.38. The van der Waals surface area contributed by atoms with Gasteiger partial charge < -0.3 is 15.4 Å². The van der Waals surface area contributed by atoms with Crippen LogP contribution in [0.5, 0.6) is 0 Å². The Morgan fingerprint density at radius 1 is 1.40 bits per heavy atom. The Morgan fingerprint density at radius 3 is 2.85 bits per heavy atom. The Morgan fingerprint density at radius 2 is 2.15 bits per heavy atom. The smallest absolute Gasteiger partial charge is 0.172 e. The number of rotatable bonds is 4. The fraction of sp³-hybridized carbons (Fsp3) is 0.500. The van der Waals surface area contributed by atoms with Gasteiger partial charge in [-0.05, 0) is 50.1 Å². The summed E-state index contributed by atoms with van der Waals surface area (Å²) in [5.41, 5.74) is 0. The molecule has 0 bridgehead atoms. The number of hydrogen-bond donors (Lipinski definition) is 2. The van der Waals surface area contributed by atoms with Crippen molar-refractivity contribution >= 4 is 55.0 Å². The predicted molar refractivity (Wildman–Crippen MR) is 91.1 cm³/mol. The lowest BCUT2D eigenvalue weighted by atomic mass is 10.4. The summed E-state index contributed by atoms with van der Waals surface area (Å²) in [6.07, 6.45) is 1.73. The molecule has 2 N–H and O–H groups in total. The minimum Gasteiger partial charge on any atom is -0.379 e. The maximum Gasteiger partial charge on any atom is 0.172 e. The number of pyridine rings is 1. The van der Waals surface area contributed by atoms with E-state index in [1.807, 2.05) is 6.07 Å². The van der Waals surface area contributed by atoms with Crippen LogP contribution in [-0.2, 0) is 4.74 Å². The molecule has 2 rings (SSSR count). The average molecular weight is 424 g/mol. The Hall–Kier alpha value is -0.280. The maximum absolute atomic E-state index is 5.31.